The van der Waals surface area contributed by atoms with Gasteiger partial charge in [-0.25, -0.2) is 4.79 Å². The van der Waals surface area contributed by atoms with Crippen molar-refractivity contribution in [2.45, 2.75) is 6.36 Å². The Labute approximate surface area is 121 Å². The van der Waals surface area contributed by atoms with Crippen LogP contribution in [0, 0.1) is 0 Å². The number of ether oxygens (including phenoxy) is 2. The van der Waals surface area contributed by atoms with Crippen molar-refractivity contribution >= 4 is 5.97 Å². The number of benzene rings is 1. The van der Waals surface area contributed by atoms with Gasteiger partial charge in [-0.2, -0.15) is 9.78 Å². The second-order valence-corrected chi connectivity index (χ2v) is 4.00. The van der Waals surface area contributed by atoms with Crippen molar-refractivity contribution in [3.63, 3.8) is 0 Å². The number of carbonyl (C=O) groups is 1. The molecule has 0 spiro atoms. The molecule has 0 saturated carbocycles. The maximum Gasteiger partial charge on any atom is 0.573 e. The molecule has 116 valence electrons. The molecule has 0 fully saturated rings. The Morgan fingerprint density at radius 2 is 1.77 bits per heavy atom. The number of methoxy groups -OCH3 is 1. The summed E-state index contributed by atoms with van der Waals surface area (Å²) in [6.45, 7) is 0. The molecule has 0 amide bonds. The van der Waals surface area contributed by atoms with E-state index in [2.05, 4.69) is 14.6 Å². The van der Waals surface area contributed by atoms with Gasteiger partial charge in [-0.15, -0.1) is 13.2 Å². The Balaban J connectivity index is 2.36. The zero-order valence-corrected chi connectivity index (χ0v) is 11.1. The minimum Gasteiger partial charge on any atom is -0.464 e. The van der Waals surface area contributed by atoms with Crippen LogP contribution in [0.4, 0.5) is 13.2 Å². The number of hydrogen-bond acceptors (Lipinski definition) is 5. The fourth-order valence-corrected chi connectivity index (χ4v) is 1.60. The summed E-state index contributed by atoms with van der Waals surface area (Å²) in [5, 5.41) is 3.78. The Kier molecular flexibility index (Phi) is 4.15. The van der Waals surface area contributed by atoms with Gasteiger partial charge in [-0.05, 0) is 30.3 Å². The molecule has 0 bridgehead atoms. The molecule has 2 rings (SSSR count). The van der Waals surface area contributed by atoms with E-state index in [9.17, 15) is 22.8 Å². The number of hydrogen-bond donors (Lipinski definition) is 0. The molecule has 6 nitrogen and oxygen atoms in total. The van der Waals surface area contributed by atoms with Crippen molar-refractivity contribution in [3.8, 4) is 11.4 Å². The van der Waals surface area contributed by atoms with Crippen LogP contribution < -0.4 is 10.3 Å². The van der Waals surface area contributed by atoms with Crippen LogP contribution in [0.5, 0.6) is 5.75 Å². The van der Waals surface area contributed by atoms with Gasteiger partial charge >= 0.3 is 12.3 Å². The highest BCUT2D eigenvalue weighted by atomic mass is 19.4. The van der Waals surface area contributed by atoms with Gasteiger partial charge in [-0.3, -0.25) is 4.79 Å². The minimum absolute atomic E-state index is 0.113. The topological polar surface area (TPSA) is 70.4 Å². The Morgan fingerprint density at radius 3 is 2.32 bits per heavy atom. The van der Waals surface area contributed by atoms with Gasteiger partial charge in [0.15, 0.2) is 5.69 Å². The molecule has 0 aliphatic carbocycles. The van der Waals surface area contributed by atoms with Crippen LogP contribution in [0.15, 0.2) is 41.2 Å². The molecule has 1 aromatic carbocycles. The summed E-state index contributed by atoms with van der Waals surface area (Å²) in [4.78, 5) is 23.1. The van der Waals surface area contributed by atoms with Crippen molar-refractivity contribution in [2.24, 2.45) is 0 Å². The van der Waals surface area contributed by atoms with E-state index in [1.807, 2.05) is 0 Å². The highest BCUT2D eigenvalue weighted by Crippen LogP contribution is 2.23. The van der Waals surface area contributed by atoms with Crippen LogP contribution in [-0.4, -0.2) is 29.2 Å². The van der Waals surface area contributed by atoms with Gasteiger partial charge in [-0.1, -0.05) is 0 Å². The molecule has 0 aliphatic heterocycles. The lowest BCUT2D eigenvalue weighted by Crippen LogP contribution is -2.23. The normalized spacial score (nSPS) is 11.1. The average Bonchev–Trinajstić information content (AvgIpc) is 2.46. The summed E-state index contributed by atoms with van der Waals surface area (Å²) >= 11 is 0. The fourth-order valence-electron chi connectivity index (χ4n) is 1.60. The second kappa shape index (κ2) is 5.88. The maximum absolute atomic E-state index is 12.1. The number of nitrogens with zero attached hydrogens (tertiary/aromatic N) is 2. The first-order chi connectivity index (χ1) is 10.3. The lowest BCUT2D eigenvalue weighted by atomic mass is 10.3. The summed E-state index contributed by atoms with van der Waals surface area (Å²) in [6.07, 6.45) is -4.80. The van der Waals surface area contributed by atoms with Crippen LogP contribution in [0.1, 0.15) is 10.5 Å². The molecule has 22 heavy (non-hydrogen) atoms. The number of rotatable bonds is 3. The van der Waals surface area contributed by atoms with E-state index in [1.165, 1.54) is 18.2 Å². The van der Waals surface area contributed by atoms with Gasteiger partial charge in [0.2, 0.25) is 0 Å². The monoisotopic (exact) mass is 314 g/mol. The third-order valence-electron chi connectivity index (χ3n) is 2.51. The van der Waals surface area contributed by atoms with Crippen molar-refractivity contribution in [1.29, 1.82) is 0 Å². The molecule has 0 radical (unpaired) electrons. The van der Waals surface area contributed by atoms with Gasteiger partial charge in [0, 0.05) is 6.07 Å². The van der Waals surface area contributed by atoms with Gasteiger partial charge in [0.25, 0.3) is 5.56 Å². The van der Waals surface area contributed by atoms with Crippen LogP contribution in [0.2, 0.25) is 0 Å². The van der Waals surface area contributed by atoms with Crippen molar-refractivity contribution in [3.05, 3.63) is 52.4 Å². The first-order valence-electron chi connectivity index (χ1n) is 5.85. The molecule has 1 heterocycles. The van der Waals surface area contributed by atoms with Crippen LogP contribution in [0.25, 0.3) is 5.69 Å². The Bertz CT molecular complexity index is 738. The highest BCUT2D eigenvalue weighted by Gasteiger charge is 2.31. The molecule has 0 aliphatic rings. The first-order valence-corrected chi connectivity index (χ1v) is 5.85. The van der Waals surface area contributed by atoms with Gasteiger partial charge in [0.05, 0.1) is 12.8 Å². The third-order valence-corrected chi connectivity index (χ3v) is 2.51. The van der Waals surface area contributed by atoms with E-state index in [4.69, 9.17) is 0 Å². The molecule has 1 aromatic heterocycles. The lowest BCUT2D eigenvalue weighted by molar-refractivity contribution is -0.274. The molecule has 0 N–H and O–H groups in total. The smallest absolute Gasteiger partial charge is 0.464 e. The first kappa shape index (κ1) is 15.5. The predicted molar refractivity (Wildman–Crippen MR) is 67.9 cm³/mol. The fraction of sp³-hybridized carbons (Fsp3) is 0.154. The zero-order valence-electron chi connectivity index (χ0n) is 11.1. The summed E-state index contributed by atoms with van der Waals surface area (Å²) in [5.41, 5.74) is -0.500. The van der Waals surface area contributed by atoms with Gasteiger partial charge < -0.3 is 9.47 Å². The number of esters is 1. The number of alkyl halides is 3. The number of carbonyl (C=O) groups excluding carboxylic acids is 1. The molecular weight excluding hydrogens is 305 g/mol. The summed E-state index contributed by atoms with van der Waals surface area (Å²) < 4.78 is 45.3. The highest BCUT2D eigenvalue weighted by molar-refractivity contribution is 5.86. The van der Waals surface area contributed by atoms with E-state index >= 15 is 0 Å². The molecule has 0 unspecified atom stereocenters. The van der Waals surface area contributed by atoms with E-state index in [0.717, 1.165) is 30.0 Å². The van der Waals surface area contributed by atoms with E-state index < -0.39 is 23.6 Å². The molecule has 2 aromatic rings. The zero-order chi connectivity index (χ0) is 16.3. The lowest BCUT2D eigenvalue weighted by Gasteiger charge is -2.10. The van der Waals surface area contributed by atoms with E-state index in [0.29, 0.717) is 0 Å². The molecular formula is C13H9F3N2O4. The third kappa shape index (κ3) is 3.62. The average molecular weight is 314 g/mol. The number of halogens is 3. The summed E-state index contributed by atoms with van der Waals surface area (Å²) in [6, 6.07) is 6.75. The summed E-state index contributed by atoms with van der Waals surface area (Å²) in [7, 11) is 1.16. The molecule has 0 saturated heterocycles. The molecule has 0 atom stereocenters. The van der Waals surface area contributed by atoms with Crippen molar-refractivity contribution < 1.29 is 27.4 Å². The van der Waals surface area contributed by atoms with Crippen molar-refractivity contribution in [2.75, 3.05) is 7.11 Å². The Morgan fingerprint density at radius 1 is 1.14 bits per heavy atom. The van der Waals surface area contributed by atoms with Crippen LogP contribution >= 0.6 is 0 Å². The van der Waals surface area contributed by atoms with Crippen LogP contribution in [0.3, 0.4) is 0 Å². The van der Waals surface area contributed by atoms with Crippen LogP contribution in [-0.2, 0) is 4.74 Å². The number of aromatic nitrogens is 2. The molecule has 9 heteroatoms. The van der Waals surface area contributed by atoms with Crippen molar-refractivity contribution in [1.82, 2.24) is 9.78 Å². The predicted octanol–water partition coefficient (Wildman–Crippen LogP) is 1.92. The minimum atomic E-state index is -4.80. The Hall–Kier alpha value is -2.84. The SMILES string of the molecule is COC(=O)c1ccc(=O)n(-c2ccc(OC(F)(F)F)cc2)n1. The van der Waals surface area contributed by atoms with Gasteiger partial charge in [0.1, 0.15) is 5.75 Å². The maximum atomic E-state index is 12.1. The van der Waals surface area contributed by atoms with E-state index in [-0.39, 0.29) is 11.4 Å². The quantitative estimate of drug-likeness (QED) is 0.810. The largest absolute Gasteiger partial charge is 0.573 e. The van der Waals surface area contributed by atoms with E-state index in [1.54, 1.807) is 0 Å². The second-order valence-electron chi connectivity index (χ2n) is 4.00. The summed E-state index contributed by atoms with van der Waals surface area (Å²) in [5.74, 6) is -1.18. The standard InChI is InChI=1S/C13H9F3N2O4/c1-21-12(20)10-6-7-11(19)18(17-10)8-2-4-9(5-3-8)22-13(14,15)16/h2-7H,1H3.